The van der Waals surface area contributed by atoms with Crippen LogP contribution in [0.1, 0.15) is 50.3 Å². The van der Waals surface area contributed by atoms with Crippen LogP contribution in [0.15, 0.2) is 12.1 Å². The average Bonchev–Trinajstić information content (AvgIpc) is 2.80. The van der Waals surface area contributed by atoms with Gasteiger partial charge in [0.2, 0.25) is 0 Å². The van der Waals surface area contributed by atoms with Gasteiger partial charge in [0.1, 0.15) is 0 Å². The van der Waals surface area contributed by atoms with Crippen molar-refractivity contribution in [2.45, 2.75) is 65.1 Å². The highest BCUT2D eigenvalue weighted by Gasteiger charge is 2.31. The van der Waals surface area contributed by atoms with Crippen LogP contribution in [0, 0.1) is 0 Å². The lowest BCUT2D eigenvalue weighted by Gasteiger charge is -2.44. The molecule has 1 aromatic rings. The van der Waals surface area contributed by atoms with Gasteiger partial charge in [0.25, 0.3) is 0 Å². The van der Waals surface area contributed by atoms with Gasteiger partial charge in [0.05, 0.1) is 0 Å². The van der Waals surface area contributed by atoms with Gasteiger partial charge in [-0.3, -0.25) is 4.90 Å². The van der Waals surface area contributed by atoms with Gasteiger partial charge in [-0.1, -0.05) is 20.3 Å². The number of nitrogens with zero attached hydrogens (tertiary/aromatic N) is 1. The standard InChI is InChI=1S/C16H28N2S/c1-5-7-13-10-17-16(3,4)12-18(13)11-15-9-8-14(6-2)19-15/h8-9,13,17H,5-7,10-12H2,1-4H3. The lowest BCUT2D eigenvalue weighted by Crippen LogP contribution is -2.61. The molecule has 0 aliphatic carbocycles. The molecule has 1 aromatic heterocycles. The van der Waals surface area contributed by atoms with E-state index in [0.29, 0.717) is 6.04 Å². The number of piperazine rings is 1. The van der Waals surface area contributed by atoms with Crippen LogP contribution in [-0.4, -0.2) is 29.6 Å². The van der Waals surface area contributed by atoms with Crippen molar-refractivity contribution in [1.29, 1.82) is 0 Å². The fourth-order valence-corrected chi connectivity index (χ4v) is 3.90. The molecule has 0 aromatic carbocycles. The molecule has 2 rings (SSSR count). The molecule has 1 aliphatic heterocycles. The average molecular weight is 280 g/mol. The first-order chi connectivity index (χ1) is 9.04. The molecule has 1 unspecified atom stereocenters. The third-order valence-electron chi connectivity index (χ3n) is 3.98. The molecule has 2 nitrogen and oxygen atoms in total. The fourth-order valence-electron chi connectivity index (χ4n) is 2.92. The van der Waals surface area contributed by atoms with Gasteiger partial charge in [-0.2, -0.15) is 0 Å². The van der Waals surface area contributed by atoms with Crippen LogP contribution in [0.4, 0.5) is 0 Å². The third kappa shape index (κ3) is 4.04. The Labute approximate surface area is 122 Å². The van der Waals surface area contributed by atoms with Gasteiger partial charge < -0.3 is 5.32 Å². The molecule has 1 atom stereocenters. The summed E-state index contributed by atoms with van der Waals surface area (Å²) in [6, 6.07) is 5.31. The molecule has 1 N–H and O–H groups in total. The Morgan fingerprint density at radius 3 is 2.68 bits per heavy atom. The minimum atomic E-state index is 0.245. The Morgan fingerprint density at radius 2 is 2.05 bits per heavy atom. The zero-order valence-corrected chi connectivity index (χ0v) is 13.6. The summed E-state index contributed by atoms with van der Waals surface area (Å²) in [4.78, 5) is 5.72. The number of aryl methyl sites for hydroxylation is 1. The van der Waals surface area contributed by atoms with E-state index >= 15 is 0 Å². The van der Waals surface area contributed by atoms with Gasteiger partial charge in [0.15, 0.2) is 0 Å². The quantitative estimate of drug-likeness (QED) is 0.885. The van der Waals surface area contributed by atoms with E-state index in [0.717, 1.165) is 26.1 Å². The van der Waals surface area contributed by atoms with Gasteiger partial charge in [0, 0.05) is 41.0 Å². The zero-order valence-electron chi connectivity index (χ0n) is 12.8. The normalized spacial score (nSPS) is 23.7. The SMILES string of the molecule is CCCC1CNC(C)(C)CN1Cc1ccc(CC)s1. The van der Waals surface area contributed by atoms with Crippen LogP contribution in [0.25, 0.3) is 0 Å². The molecule has 1 aliphatic rings. The molecule has 3 heteroatoms. The lowest BCUT2D eigenvalue weighted by atomic mass is 9.96. The van der Waals surface area contributed by atoms with Crippen molar-refractivity contribution in [3.05, 3.63) is 21.9 Å². The summed E-state index contributed by atoms with van der Waals surface area (Å²) in [6.45, 7) is 12.6. The smallest absolute Gasteiger partial charge is 0.0332 e. The van der Waals surface area contributed by atoms with Crippen molar-refractivity contribution in [1.82, 2.24) is 10.2 Å². The van der Waals surface area contributed by atoms with Crippen molar-refractivity contribution in [3.63, 3.8) is 0 Å². The maximum atomic E-state index is 3.69. The third-order valence-corrected chi connectivity index (χ3v) is 5.19. The van der Waals surface area contributed by atoms with E-state index in [-0.39, 0.29) is 5.54 Å². The second kappa shape index (κ2) is 6.38. The first kappa shape index (κ1) is 15.0. The van der Waals surface area contributed by atoms with Crippen LogP contribution in [0.2, 0.25) is 0 Å². The first-order valence-corrected chi connectivity index (χ1v) is 8.42. The molecule has 0 spiro atoms. The summed E-state index contributed by atoms with van der Waals surface area (Å²) >= 11 is 1.98. The predicted molar refractivity (Wildman–Crippen MR) is 84.9 cm³/mol. The van der Waals surface area contributed by atoms with Crippen LogP contribution in [0.5, 0.6) is 0 Å². The highest BCUT2D eigenvalue weighted by atomic mass is 32.1. The van der Waals surface area contributed by atoms with Gasteiger partial charge in [-0.05, 0) is 38.8 Å². The molecule has 0 radical (unpaired) electrons. The van der Waals surface area contributed by atoms with Crippen molar-refractivity contribution in [2.75, 3.05) is 13.1 Å². The van der Waals surface area contributed by atoms with E-state index < -0.39 is 0 Å². The van der Waals surface area contributed by atoms with Crippen LogP contribution in [-0.2, 0) is 13.0 Å². The molecule has 1 fully saturated rings. The Bertz CT molecular complexity index is 397. The van der Waals surface area contributed by atoms with Crippen molar-refractivity contribution < 1.29 is 0 Å². The minimum absolute atomic E-state index is 0.245. The van der Waals surface area contributed by atoms with Crippen molar-refractivity contribution in [3.8, 4) is 0 Å². The molecule has 2 heterocycles. The number of thiophene rings is 1. The molecular formula is C16H28N2S. The summed E-state index contributed by atoms with van der Waals surface area (Å²) < 4.78 is 0. The topological polar surface area (TPSA) is 15.3 Å². The number of hydrogen-bond acceptors (Lipinski definition) is 3. The molecular weight excluding hydrogens is 252 g/mol. The second-order valence-corrected chi connectivity index (χ2v) is 7.59. The summed E-state index contributed by atoms with van der Waals surface area (Å²) in [5.74, 6) is 0. The molecule has 108 valence electrons. The number of nitrogens with one attached hydrogen (secondary N) is 1. The number of hydrogen-bond donors (Lipinski definition) is 1. The summed E-state index contributed by atoms with van der Waals surface area (Å²) in [6.07, 6.45) is 3.74. The summed E-state index contributed by atoms with van der Waals surface area (Å²) in [5.41, 5.74) is 0.245. The largest absolute Gasteiger partial charge is 0.309 e. The van der Waals surface area contributed by atoms with Crippen LogP contribution < -0.4 is 5.32 Å². The second-order valence-electron chi connectivity index (χ2n) is 6.33. The lowest BCUT2D eigenvalue weighted by molar-refractivity contribution is 0.0836. The van der Waals surface area contributed by atoms with Crippen molar-refractivity contribution >= 4 is 11.3 Å². The van der Waals surface area contributed by atoms with E-state index in [2.05, 4.69) is 50.0 Å². The van der Waals surface area contributed by atoms with E-state index in [4.69, 9.17) is 0 Å². The van der Waals surface area contributed by atoms with E-state index in [1.165, 1.54) is 22.6 Å². The molecule has 0 saturated carbocycles. The predicted octanol–water partition coefficient (Wildman–Crippen LogP) is 3.66. The minimum Gasteiger partial charge on any atom is -0.309 e. The monoisotopic (exact) mass is 280 g/mol. The highest BCUT2D eigenvalue weighted by molar-refractivity contribution is 7.11. The Kier molecular flexibility index (Phi) is 5.04. The Morgan fingerprint density at radius 1 is 1.32 bits per heavy atom. The van der Waals surface area contributed by atoms with E-state index in [1.807, 2.05) is 11.3 Å². The summed E-state index contributed by atoms with van der Waals surface area (Å²) in [7, 11) is 0. The first-order valence-electron chi connectivity index (χ1n) is 7.60. The molecule has 1 saturated heterocycles. The van der Waals surface area contributed by atoms with Gasteiger partial charge >= 0.3 is 0 Å². The maximum Gasteiger partial charge on any atom is 0.0332 e. The van der Waals surface area contributed by atoms with E-state index in [1.54, 1.807) is 0 Å². The van der Waals surface area contributed by atoms with Gasteiger partial charge in [-0.25, -0.2) is 0 Å². The summed E-state index contributed by atoms with van der Waals surface area (Å²) in [5, 5.41) is 3.69. The molecule has 0 bridgehead atoms. The Hall–Kier alpha value is -0.380. The maximum absolute atomic E-state index is 3.69. The van der Waals surface area contributed by atoms with Crippen molar-refractivity contribution in [2.24, 2.45) is 0 Å². The fraction of sp³-hybridized carbons (Fsp3) is 0.750. The zero-order chi connectivity index (χ0) is 13.9. The van der Waals surface area contributed by atoms with Gasteiger partial charge in [-0.15, -0.1) is 11.3 Å². The van der Waals surface area contributed by atoms with Crippen LogP contribution in [0.3, 0.4) is 0 Å². The molecule has 19 heavy (non-hydrogen) atoms. The van der Waals surface area contributed by atoms with E-state index in [9.17, 15) is 0 Å². The highest BCUT2D eigenvalue weighted by Crippen LogP contribution is 2.24. The Balaban J connectivity index is 2.04. The molecule has 0 amide bonds. The van der Waals surface area contributed by atoms with Crippen LogP contribution >= 0.6 is 11.3 Å². The number of rotatable bonds is 5.